The molecule has 1 rings (SSSR count). The van der Waals surface area contributed by atoms with Gasteiger partial charge in [0.2, 0.25) is 5.91 Å². The molecule has 1 amide bonds. The number of esters is 1. The first-order valence-electron chi connectivity index (χ1n) is 5.23. The average Bonchev–Trinajstić information content (AvgIpc) is 2.26. The van der Waals surface area contributed by atoms with E-state index in [1.165, 1.54) is 7.11 Å². The summed E-state index contributed by atoms with van der Waals surface area (Å²) in [5.41, 5.74) is 0. The number of hydrogen-bond donors (Lipinski definition) is 2. The van der Waals surface area contributed by atoms with Crippen molar-refractivity contribution in [3.05, 3.63) is 0 Å². The third kappa shape index (κ3) is 3.51. The Morgan fingerprint density at radius 3 is 2.87 bits per heavy atom. The van der Waals surface area contributed by atoms with Gasteiger partial charge < -0.3 is 15.4 Å². The summed E-state index contributed by atoms with van der Waals surface area (Å²) in [4.78, 5) is 22.5. The predicted octanol–water partition coefficient (Wildman–Crippen LogP) is -0.336. The monoisotopic (exact) mass is 214 g/mol. The molecular weight excluding hydrogens is 196 g/mol. The first-order valence-corrected chi connectivity index (χ1v) is 5.23. The molecule has 1 aliphatic heterocycles. The lowest BCUT2D eigenvalue weighted by Gasteiger charge is -2.28. The van der Waals surface area contributed by atoms with Crippen LogP contribution in [0.25, 0.3) is 0 Å². The normalized spacial score (nSPS) is 25.7. The van der Waals surface area contributed by atoms with Gasteiger partial charge in [-0.15, -0.1) is 0 Å². The van der Waals surface area contributed by atoms with Crippen LogP contribution in [0.1, 0.15) is 19.8 Å². The maximum absolute atomic E-state index is 11.7. The minimum Gasteiger partial charge on any atom is -0.468 e. The molecule has 15 heavy (non-hydrogen) atoms. The topological polar surface area (TPSA) is 67.4 Å². The summed E-state index contributed by atoms with van der Waals surface area (Å²) in [5.74, 6) is -0.525. The van der Waals surface area contributed by atoms with Crippen molar-refractivity contribution in [3.8, 4) is 0 Å². The van der Waals surface area contributed by atoms with Crippen molar-refractivity contribution >= 4 is 11.9 Å². The summed E-state index contributed by atoms with van der Waals surface area (Å²) >= 11 is 0. The van der Waals surface area contributed by atoms with Crippen LogP contribution >= 0.6 is 0 Å². The molecule has 0 aromatic carbocycles. The Balaban J connectivity index is 2.35. The maximum Gasteiger partial charge on any atom is 0.325 e. The van der Waals surface area contributed by atoms with Crippen LogP contribution in [0.2, 0.25) is 0 Å². The molecule has 86 valence electrons. The number of piperidine rings is 1. The molecule has 5 nitrogen and oxygen atoms in total. The number of carbonyl (C=O) groups excluding carboxylic acids is 2. The fourth-order valence-corrected chi connectivity index (χ4v) is 1.76. The van der Waals surface area contributed by atoms with E-state index < -0.39 is 5.97 Å². The highest BCUT2D eigenvalue weighted by Gasteiger charge is 2.27. The predicted molar refractivity (Wildman–Crippen MR) is 55.2 cm³/mol. The minimum absolute atomic E-state index is 0.0385. The highest BCUT2D eigenvalue weighted by Crippen LogP contribution is 2.15. The Hall–Kier alpha value is -1.10. The van der Waals surface area contributed by atoms with E-state index in [4.69, 9.17) is 0 Å². The lowest BCUT2D eigenvalue weighted by Crippen LogP contribution is -2.47. The van der Waals surface area contributed by atoms with E-state index in [0.717, 1.165) is 19.4 Å². The third-order valence-corrected chi connectivity index (χ3v) is 2.73. The highest BCUT2D eigenvalue weighted by atomic mass is 16.5. The molecule has 2 atom stereocenters. The molecule has 5 heteroatoms. The zero-order valence-corrected chi connectivity index (χ0v) is 9.21. The molecule has 0 spiro atoms. The lowest BCUT2D eigenvalue weighted by molar-refractivity contribution is -0.141. The van der Waals surface area contributed by atoms with Crippen molar-refractivity contribution in [2.75, 3.05) is 20.2 Å². The van der Waals surface area contributed by atoms with Gasteiger partial charge >= 0.3 is 5.97 Å². The summed E-state index contributed by atoms with van der Waals surface area (Å²) in [7, 11) is 1.30. The second kappa shape index (κ2) is 5.70. The smallest absolute Gasteiger partial charge is 0.325 e. The van der Waals surface area contributed by atoms with Gasteiger partial charge in [0.1, 0.15) is 6.54 Å². The molecule has 0 saturated carbocycles. The molecule has 0 radical (unpaired) electrons. The van der Waals surface area contributed by atoms with Gasteiger partial charge in [0, 0.05) is 6.04 Å². The number of nitrogens with one attached hydrogen (secondary N) is 2. The first kappa shape index (κ1) is 12.0. The average molecular weight is 214 g/mol. The number of rotatable bonds is 3. The van der Waals surface area contributed by atoms with Crippen LogP contribution in [-0.2, 0) is 14.3 Å². The Labute approximate surface area is 89.6 Å². The Kier molecular flexibility index (Phi) is 4.55. The molecule has 1 heterocycles. The van der Waals surface area contributed by atoms with E-state index in [1.54, 1.807) is 0 Å². The Bertz CT molecular complexity index is 243. The number of amides is 1. The van der Waals surface area contributed by atoms with Crippen LogP contribution in [0.3, 0.4) is 0 Å². The summed E-state index contributed by atoms with van der Waals surface area (Å²) in [6.07, 6.45) is 1.88. The quantitative estimate of drug-likeness (QED) is 0.631. The van der Waals surface area contributed by atoms with Crippen LogP contribution in [0.4, 0.5) is 0 Å². The second-order valence-electron chi connectivity index (χ2n) is 3.79. The third-order valence-electron chi connectivity index (χ3n) is 2.73. The maximum atomic E-state index is 11.7. The number of hydrogen-bond acceptors (Lipinski definition) is 4. The molecule has 2 N–H and O–H groups in total. The van der Waals surface area contributed by atoms with Crippen LogP contribution in [-0.4, -0.2) is 38.1 Å². The van der Waals surface area contributed by atoms with Crippen molar-refractivity contribution in [1.29, 1.82) is 0 Å². The van der Waals surface area contributed by atoms with Crippen LogP contribution in [0.5, 0.6) is 0 Å². The van der Waals surface area contributed by atoms with Gasteiger partial charge in [0.25, 0.3) is 0 Å². The molecule has 1 fully saturated rings. The minimum atomic E-state index is -0.417. The second-order valence-corrected chi connectivity index (χ2v) is 3.79. The van der Waals surface area contributed by atoms with Crippen LogP contribution < -0.4 is 10.6 Å². The van der Waals surface area contributed by atoms with Crippen molar-refractivity contribution in [3.63, 3.8) is 0 Å². The van der Waals surface area contributed by atoms with Crippen molar-refractivity contribution in [2.45, 2.75) is 25.8 Å². The molecule has 0 aromatic rings. The van der Waals surface area contributed by atoms with Gasteiger partial charge in [-0.25, -0.2) is 0 Å². The molecule has 0 aromatic heterocycles. The van der Waals surface area contributed by atoms with E-state index in [9.17, 15) is 9.59 Å². The molecule has 0 bridgehead atoms. The lowest BCUT2D eigenvalue weighted by atomic mass is 9.91. The van der Waals surface area contributed by atoms with E-state index in [1.807, 2.05) is 6.92 Å². The van der Waals surface area contributed by atoms with Gasteiger partial charge in [-0.1, -0.05) is 0 Å². The van der Waals surface area contributed by atoms with E-state index in [0.29, 0.717) is 0 Å². The summed E-state index contributed by atoms with van der Waals surface area (Å²) in [6.45, 7) is 2.90. The van der Waals surface area contributed by atoms with Gasteiger partial charge in [-0.05, 0) is 26.3 Å². The molecule has 0 aliphatic carbocycles. The summed E-state index contributed by atoms with van der Waals surface area (Å²) in [6, 6.07) is 0.177. The zero-order valence-electron chi connectivity index (χ0n) is 9.21. The number of ether oxygens (including phenoxy) is 1. The van der Waals surface area contributed by atoms with E-state index in [2.05, 4.69) is 15.4 Å². The molecule has 0 unspecified atom stereocenters. The van der Waals surface area contributed by atoms with Gasteiger partial charge in [-0.3, -0.25) is 9.59 Å². The fraction of sp³-hybridized carbons (Fsp3) is 0.800. The van der Waals surface area contributed by atoms with E-state index in [-0.39, 0.29) is 24.4 Å². The number of carbonyl (C=O) groups is 2. The SMILES string of the molecule is COC(=O)CNC(=O)[C@@H]1CCCN[C@@H]1C. The number of methoxy groups -OCH3 is 1. The standard InChI is InChI=1S/C10H18N2O3/c1-7-8(4-3-5-11-7)10(14)12-6-9(13)15-2/h7-8,11H,3-6H2,1-2H3,(H,12,14)/t7-,8-/m1/s1. The fourth-order valence-electron chi connectivity index (χ4n) is 1.76. The first-order chi connectivity index (χ1) is 7.15. The summed E-state index contributed by atoms with van der Waals surface area (Å²) < 4.78 is 4.45. The Morgan fingerprint density at radius 2 is 2.27 bits per heavy atom. The zero-order chi connectivity index (χ0) is 11.3. The molecule has 1 aliphatic rings. The van der Waals surface area contributed by atoms with Crippen molar-refractivity contribution < 1.29 is 14.3 Å². The van der Waals surface area contributed by atoms with Gasteiger partial charge in [-0.2, -0.15) is 0 Å². The van der Waals surface area contributed by atoms with Gasteiger partial charge in [0.15, 0.2) is 0 Å². The van der Waals surface area contributed by atoms with Crippen LogP contribution in [0, 0.1) is 5.92 Å². The van der Waals surface area contributed by atoms with Crippen molar-refractivity contribution in [2.24, 2.45) is 5.92 Å². The highest BCUT2D eigenvalue weighted by molar-refractivity contribution is 5.83. The largest absolute Gasteiger partial charge is 0.468 e. The van der Waals surface area contributed by atoms with Crippen LogP contribution in [0.15, 0.2) is 0 Å². The van der Waals surface area contributed by atoms with E-state index >= 15 is 0 Å². The summed E-state index contributed by atoms with van der Waals surface area (Å²) in [5, 5.41) is 5.82. The Morgan fingerprint density at radius 1 is 1.53 bits per heavy atom. The van der Waals surface area contributed by atoms with Gasteiger partial charge in [0.05, 0.1) is 13.0 Å². The van der Waals surface area contributed by atoms with Crippen molar-refractivity contribution in [1.82, 2.24) is 10.6 Å². The molecule has 1 saturated heterocycles. The molecular formula is C10H18N2O3.